The maximum Gasteiger partial charge on any atom is 0.348 e. The molecule has 0 radical (unpaired) electrons. The molecule has 0 saturated carbocycles. The summed E-state index contributed by atoms with van der Waals surface area (Å²) < 4.78 is 10.2. The summed E-state index contributed by atoms with van der Waals surface area (Å²) >= 11 is 0. The van der Waals surface area contributed by atoms with Crippen molar-refractivity contribution >= 4 is 23.2 Å². The minimum Gasteiger partial charge on any atom is -0.419 e. The Hall–Kier alpha value is -2.82. The number of fused-ring (bicyclic) bond motifs is 1. The number of cyclic esters (lactones) is 2. The van der Waals surface area contributed by atoms with E-state index in [0.29, 0.717) is 0 Å². The lowest BCUT2D eigenvalue weighted by Gasteiger charge is -2.29. The number of allylic oxidation sites excluding steroid dienone is 4. The van der Waals surface area contributed by atoms with Crippen LogP contribution in [-0.4, -0.2) is 24.8 Å². The zero-order valence-corrected chi connectivity index (χ0v) is 13.2. The molecule has 0 bridgehead atoms. The van der Waals surface area contributed by atoms with E-state index in [0.717, 1.165) is 16.8 Å². The first-order valence-corrected chi connectivity index (χ1v) is 7.26. The van der Waals surface area contributed by atoms with Crippen molar-refractivity contribution < 1.29 is 19.1 Å². The minimum absolute atomic E-state index is 0.110. The number of carbonyl (C=O) groups excluding carboxylic acids is 2. The number of esters is 2. The predicted octanol–water partition coefficient (Wildman–Crippen LogP) is 2.80. The smallest absolute Gasteiger partial charge is 0.348 e. The third-order valence-electron chi connectivity index (χ3n) is 3.62. The number of carbonyl (C=O) groups is 2. The van der Waals surface area contributed by atoms with Gasteiger partial charge in [-0.1, -0.05) is 24.3 Å². The van der Waals surface area contributed by atoms with Gasteiger partial charge in [-0.2, -0.15) is 0 Å². The zero-order valence-electron chi connectivity index (χ0n) is 13.2. The number of benzene rings is 1. The van der Waals surface area contributed by atoms with E-state index in [-0.39, 0.29) is 5.57 Å². The number of para-hydroxylation sites is 1. The molecule has 2 aliphatic heterocycles. The van der Waals surface area contributed by atoms with Crippen molar-refractivity contribution in [1.29, 1.82) is 0 Å². The summed E-state index contributed by atoms with van der Waals surface area (Å²) in [6.07, 6.45) is 7.01. The first-order valence-electron chi connectivity index (χ1n) is 7.26. The van der Waals surface area contributed by atoms with Crippen molar-refractivity contribution in [3.8, 4) is 0 Å². The fourth-order valence-corrected chi connectivity index (χ4v) is 2.50. The molecule has 5 nitrogen and oxygen atoms in total. The Morgan fingerprint density at radius 3 is 2.39 bits per heavy atom. The van der Waals surface area contributed by atoms with Gasteiger partial charge in [0.15, 0.2) is 0 Å². The molecular weight excluding hydrogens is 294 g/mol. The number of rotatable bonds is 1. The van der Waals surface area contributed by atoms with E-state index in [4.69, 9.17) is 9.47 Å². The van der Waals surface area contributed by atoms with Gasteiger partial charge in [0.05, 0.1) is 0 Å². The maximum absolute atomic E-state index is 11.9. The highest BCUT2D eigenvalue weighted by Gasteiger charge is 2.38. The third-order valence-corrected chi connectivity index (χ3v) is 3.62. The third kappa shape index (κ3) is 2.90. The van der Waals surface area contributed by atoms with Crippen LogP contribution in [0.2, 0.25) is 0 Å². The van der Waals surface area contributed by atoms with Crippen molar-refractivity contribution in [3.63, 3.8) is 0 Å². The van der Waals surface area contributed by atoms with E-state index < -0.39 is 17.7 Å². The van der Waals surface area contributed by atoms with Gasteiger partial charge in [0.1, 0.15) is 5.57 Å². The van der Waals surface area contributed by atoms with Crippen LogP contribution in [0.5, 0.6) is 0 Å². The van der Waals surface area contributed by atoms with Gasteiger partial charge < -0.3 is 14.4 Å². The number of anilines is 1. The topological polar surface area (TPSA) is 55.8 Å². The normalized spacial score (nSPS) is 20.9. The number of nitrogens with zero attached hydrogens (tertiary/aromatic N) is 1. The maximum atomic E-state index is 11.9. The Balaban J connectivity index is 1.95. The Morgan fingerprint density at radius 2 is 1.70 bits per heavy atom. The second kappa shape index (κ2) is 5.43. The highest BCUT2D eigenvalue weighted by molar-refractivity contribution is 6.15. The number of hydrogen-bond donors (Lipinski definition) is 0. The van der Waals surface area contributed by atoms with Crippen LogP contribution >= 0.6 is 0 Å². The van der Waals surface area contributed by atoms with Crippen LogP contribution < -0.4 is 4.90 Å². The lowest BCUT2D eigenvalue weighted by Crippen LogP contribution is -2.41. The largest absolute Gasteiger partial charge is 0.419 e. The summed E-state index contributed by atoms with van der Waals surface area (Å²) in [5, 5.41) is 0. The summed E-state index contributed by atoms with van der Waals surface area (Å²) in [5.41, 5.74) is 2.86. The lowest BCUT2D eigenvalue weighted by molar-refractivity contribution is -0.222. The van der Waals surface area contributed by atoms with Gasteiger partial charge in [0.25, 0.3) is 5.79 Å². The minimum atomic E-state index is -1.22. The van der Waals surface area contributed by atoms with Gasteiger partial charge in [-0.05, 0) is 23.8 Å². The molecule has 0 N–H and O–H groups in total. The van der Waals surface area contributed by atoms with Crippen LogP contribution in [0.25, 0.3) is 5.57 Å². The molecule has 2 heterocycles. The Bertz CT molecular complexity index is 749. The van der Waals surface area contributed by atoms with Crippen LogP contribution in [0.15, 0.2) is 54.3 Å². The molecule has 0 spiro atoms. The van der Waals surface area contributed by atoms with E-state index in [2.05, 4.69) is 0 Å². The second-order valence-corrected chi connectivity index (χ2v) is 5.83. The molecule has 5 heteroatoms. The molecule has 1 saturated heterocycles. The first kappa shape index (κ1) is 15.1. The lowest BCUT2D eigenvalue weighted by atomic mass is 9.99. The molecular formula is C18H17NO4. The van der Waals surface area contributed by atoms with Gasteiger partial charge in [-0.25, -0.2) is 9.59 Å². The Kier molecular flexibility index (Phi) is 3.56. The van der Waals surface area contributed by atoms with E-state index in [9.17, 15) is 9.59 Å². The molecule has 118 valence electrons. The van der Waals surface area contributed by atoms with Crippen LogP contribution in [0, 0.1) is 0 Å². The molecule has 1 aromatic carbocycles. The predicted molar refractivity (Wildman–Crippen MR) is 86.3 cm³/mol. The Morgan fingerprint density at radius 1 is 1.04 bits per heavy atom. The van der Waals surface area contributed by atoms with E-state index in [1.54, 1.807) is 6.08 Å². The van der Waals surface area contributed by atoms with Crippen LogP contribution in [0.4, 0.5) is 5.69 Å². The summed E-state index contributed by atoms with van der Waals surface area (Å²) in [5.74, 6) is -2.57. The van der Waals surface area contributed by atoms with Gasteiger partial charge >= 0.3 is 11.9 Å². The SMILES string of the molecule is CN1C=C/C(=C/C=C2C(=O)OC(C)(C)OC2=O)c2ccccc21. The number of ether oxygens (including phenoxy) is 2. The second-order valence-electron chi connectivity index (χ2n) is 5.83. The summed E-state index contributed by atoms with van der Waals surface area (Å²) in [6, 6.07) is 7.90. The van der Waals surface area contributed by atoms with Crippen LogP contribution in [0.3, 0.4) is 0 Å². The molecule has 0 aromatic heterocycles. The highest BCUT2D eigenvalue weighted by Crippen LogP contribution is 2.32. The molecule has 23 heavy (non-hydrogen) atoms. The zero-order chi connectivity index (χ0) is 16.6. The van der Waals surface area contributed by atoms with Crippen molar-refractivity contribution in [2.75, 3.05) is 11.9 Å². The average molecular weight is 311 g/mol. The van der Waals surface area contributed by atoms with Crippen molar-refractivity contribution in [3.05, 3.63) is 59.8 Å². The molecule has 0 amide bonds. The monoisotopic (exact) mass is 311 g/mol. The first-order chi connectivity index (χ1) is 10.9. The Labute approximate surface area is 134 Å². The van der Waals surface area contributed by atoms with Gasteiger partial charge in [0, 0.05) is 38.3 Å². The van der Waals surface area contributed by atoms with Gasteiger partial charge in [-0.3, -0.25) is 0 Å². The fraction of sp³-hybridized carbons (Fsp3) is 0.222. The van der Waals surface area contributed by atoms with E-state index >= 15 is 0 Å². The molecule has 1 aromatic rings. The molecule has 3 rings (SSSR count). The average Bonchev–Trinajstić information content (AvgIpc) is 2.47. The van der Waals surface area contributed by atoms with Crippen molar-refractivity contribution in [2.24, 2.45) is 0 Å². The summed E-state index contributed by atoms with van der Waals surface area (Å²) in [4.78, 5) is 25.9. The van der Waals surface area contributed by atoms with Crippen LogP contribution in [0.1, 0.15) is 19.4 Å². The quantitative estimate of drug-likeness (QED) is 0.453. The number of hydrogen-bond acceptors (Lipinski definition) is 5. The van der Waals surface area contributed by atoms with E-state index in [1.807, 2.05) is 48.5 Å². The standard InChI is InChI=1S/C18H17NO4/c1-18(2)22-16(20)14(17(21)23-18)9-8-12-10-11-19(3)15-7-5-4-6-13(12)15/h4-11H,1-3H3/b12-8-. The van der Waals surface area contributed by atoms with Gasteiger partial charge in [0.2, 0.25) is 0 Å². The summed E-state index contributed by atoms with van der Waals surface area (Å²) in [7, 11) is 1.96. The molecule has 0 aliphatic carbocycles. The fourth-order valence-electron chi connectivity index (χ4n) is 2.50. The van der Waals surface area contributed by atoms with Gasteiger partial charge in [-0.15, -0.1) is 0 Å². The van der Waals surface area contributed by atoms with Crippen molar-refractivity contribution in [2.45, 2.75) is 19.6 Å². The highest BCUT2D eigenvalue weighted by atomic mass is 16.7. The van der Waals surface area contributed by atoms with E-state index in [1.165, 1.54) is 19.9 Å². The molecule has 0 unspecified atom stereocenters. The van der Waals surface area contributed by atoms with Crippen LogP contribution in [-0.2, 0) is 19.1 Å². The molecule has 0 atom stereocenters. The molecule has 1 fully saturated rings. The summed E-state index contributed by atoms with van der Waals surface area (Å²) in [6.45, 7) is 3.04. The van der Waals surface area contributed by atoms with Crippen molar-refractivity contribution in [1.82, 2.24) is 0 Å². The molecule has 2 aliphatic rings.